The van der Waals surface area contributed by atoms with Gasteiger partial charge in [-0.2, -0.15) is 0 Å². The Morgan fingerprint density at radius 3 is 2.29 bits per heavy atom. The van der Waals surface area contributed by atoms with E-state index in [1.54, 1.807) is 0 Å². The molecule has 6 nitrogen and oxygen atoms in total. The van der Waals surface area contributed by atoms with Crippen LogP contribution in [-0.4, -0.2) is 35.9 Å². The van der Waals surface area contributed by atoms with Crippen molar-refractivity contribution in [3.8, 4) is 0 Å². The summed E-state index contributed by atoms with van der Waals surface area (Å²) in [5.41, 5.74) is 1.65. The molecular formula is C22H29NO5. The molecule has 1 saturated carbocycles. The molecule has 0 aromatic heterocycles. The number of carbonyl (C=O) groups is 2. The van der Waals surface area contributed by atoms with Gasteiger partial charge < -0.3 is 9.47 Å². The fourth-order valence-electron chi connectivity index (χ4n) is 3.46. The number of hydrogen-bond acceptors (Lipinski definition) is 5. The fourth-order valence-corrected chi connectivity index (χ4v) is 3.46. The summed E-state index contributed by atoms with van der Waals surface area (Å²) < 4.78 is 11.2. The molecule has 6 heteroatoms. The van der Waals surface area contributed by atoms with Crippen molar-refractivity contribution in [1.82, 2.24) is 5.06 Å². The quantitative estimate of drug-likeness (QED) is 0.403. The smallest absolute Gasteiger partial charge is 0.316 e. The van der Waals surface area contributed by atoms with Crippen molar-refractivity contribution in [2.45, 2.75) is 59.9 Å². The maximum atomic E-state index is 13.4. The highest BCUT2D eigenvalue weighted by molar-refractivity contribution is 6.23. The minimum Gasteiger partial charge on any atom is -0.427 e. The van der Waals surface area contributed by atoms with Gasteiger partial charge in [-0.25, -0.2) is 9.90 Å². The van der Waals surface area contributed by atoms with E-state index in [4.69, 9.17) is 14.3 Å². The number of hydroxylamine groups is 2. The van der Waals surface area contributed by atoms with Gasteiger partial charge in [0.05, 0.1) is 11.0 Å². The van der Waals surface area contributed by atoms with Gasteiger partial charge in [0.15, 0.2) is 6.79 Å². The third kappa shape index (κ3) is 3.47. The Morgan fingerprint density at radius 2 is 1.75 bits per heavy atom. The van der Waals surface area contributed by atoms with Crippen LogP contribution in [0.1, 0.15) is 57.2 Å². The van der Waals surface area contributed by atoms with Gasteiger partial charge in [0, 0.05) is 6.61 Å². The van der Waals surface area contributed by atoms with E-state index >= 15 is 0 Å². The molecule has 0 unspecified atom stereocenters. The van der Waals surface area contributed by atoms with E-state index in [0.29, 0.717) is 17.9 Å². The highest BCUT2D eigenvalue weighted by Crippen LogP contribution is 2.49. The predicted octanol–water partition coefficient (Wildman–Crippen LogP) is 3.90. The van der Waals surface area contributed by atoms with Crippen molar-refractivity contribution in [3.63, 3.8) is 0 Å². The van der Waals surface area contributed by atoms with E-state index < -0.39 is 11.0 Å². The molecular weight excluding hydrogens is 358 g/mol. The number of aryl methyl sites for hydroxylation is 2. The summed E-state index contributed by atoms with van der Waals surface area (Å²) in [7, 11) is 0. The lowest BCUT2D eigenvalue weighted by molar-refractivity contribution is -0.243. The number of esters is 1. The standard InChI is InChI=1S/C22H29NO5/c1-7-26-13-27-23-19(24)17(16-14(2)9-8-10-15(16)3)18(21(23,4)5)28-20(25)22(6)11-12-22/h8-10H,7,11-13H2,1-6H3. The summed E-state index contributed by atoms with van der Waals surface area (Å²) in [5.74, 6) is -0.283. The van der Waals surface area contributed by atoms with E-state index in [0.717, 1.165) is 29.5 Å². The number of carbonyl (C=O) groups excluding carboxylic acids is 2. The first-order chi connectivity index (χ1) is 13.1. The molecule has 0 saturated heterocycles. The Labute approximate surface area is 166 Å². The van der Waals surface area contributed by atoms with Crippen molar-refractivity contribution in [1.29, 1.82) is 0 Å². The number of hydrogen-bond donors (Lipinski definition) is 0. The normalized spacial score (nSPS) is 19.9. The van der Waals surface area contributed by atoms with Gasteiger partial charge in [-0.15, -0.1) is 0 Å². The van der Waals surface area contributed by atoms with Crippen LogP contribution < -0.4 is 0 Å². The zero-order valence-electron chi connectivity index (χ0n) is 17.5. The van der Waals surface area contributed by atoms with Crippen molar-refractivity contribution in [2.75, 3.05) is 13.4 Å². The van der Waals surface area contributed by atoms with E-state index in [1.807, 2.05) is 59.7 Å². The molecule has 0 bridgehead atoms. The van der Waals surface area contributed by atoms with Gasteiger partial charge in [-0.1, -0.05) is 18.2 Å². The van der Waals surface area contributed by atoms with Gasteiger partial charge in [0.25, 0.3) is 5.91 Å². The Kier molecular flexibility index (Phi) is 5.38. The second-order valence-electron chi connectivity index (χ2n) is 8.32. The molecule has 0 atom stereocenters. The highest BCUT2D eigenvalue weighted by Gasteiger charge is 2.53. The number of benzene rings is 1. The Morgan fingerprint density at radius 1 is 1.14 bits per heavy atom. The van der Waals surface area contributed by atoms with Gasteiger partial charge in [-0.3, -0.25) is 9.59 Å². The number of ether oxygens (including phenoxy) is 2. The van der Waals surface area contributed by atoms with Crippen molar-refractivity contribution < 1.29 is 23.9 Å². The zero-order chi connectivity index (χ0) is 20.7. The summed E-state index contributed by atoms with van der Waals surface area (Å²) in [6.07, 6.45) is 1.60. The maximum Gasteiger partial charge on any atom is 0.316 e. The number of rotatable bonds is 7. The second-order valence-corrected chi connectivity index (χ2v) is 8.32. The minimum absolute atomic E-state index is 0.0509. The molecule has 1 aromatic rings. The number of amides is 1. The van der Waals surface area contributed by atoms with Crippen LogP contribution in [0.5, 0.6) is 0 Å². The summed E-state index contributed by atoms with van der Waals surface area (Å²) in [6, 6.07) is 5.83. The fraction of sp³-hybridized carbons (Fsp3) is 0.545. The summed E-state index contributed by atoms with van der Waals surface area (Å²) >= 11 is 0. The van der Waals surface area contributed by atoms with Crippen LogP contribution in [-0.2, 0) is 23.9 Å². The van der Waals surface area contributed by atoms with Crippen LogP contribution in [0.15, 0.2) is 24.0 Å². The summed E-state index contributed by atoms with van der Waals surface area (Å²) in [4.78, 5) is 31.8. The SMILES string of the molecule is CCOCON1C(=O)C(c2c(C)cccc2C)=C(OC(=O)C2(C)CC2)C1(C)C. The molecule has 1 aliphatic heterocycles. The Bertz CT molecular complexity index is 815. The molecule has 1 amide bonds. The Balaban J connectivity index is 2.08. The second kappa shape index (κ2) is 7.33. The van der Waals surface area contributed by atoms with Crippen molar-refractivity contribution in [3.05, 3.63) is 40.6 Å². The van der Waals surface area contributed by atoms with E-state index in [-0.39, 0.29) is 18.7 Å². The first-order valence-electron chi connectivity index (χ1n) is 9.72. The summed E-state index contributed by atoms with van der Waals surface area (Å²) in [6.45, 7) is 11.7. The first-order valence-corrected chi connectivity index (χ1v) is 9.72. The largest absolute Gasteiger partial charge is 0.427 e. The van der Waals surface area contributed by atoms with Gasteiger partial charge in [0.2, 0.25) is 0 Å². The van der Waals surface area contributed by atoms with Crippen LogP contribution >= 0.6 is 0 Å². The first kappa shape index (κ1) is 20.6. The van der Waals surface area contributed by atoms with Crippen LogP contribution in [0.3, 0.4) is 0 Å². The van der Waals surface area contributed by atoms with Crippen molar-refractivity contribution in [2.24, 2.45) is 5.41 Å². The zero-order valence-corrected chi connectivity index (χ0v) is 17.5. The summed E-state index contributed by atoms with van der Waals surface area (Å²) in [5, 5.41) is 1.27. The molecule has 1 aromatic carbocycles. The van der Waals surface area contributed by atoms with Gasteiger partial charge in [0.1, 0.15) is 11.3 Å². The van der Waals surface area contributed by atoms with Crippen LogP contribution in [0.4, 0.5) is 0 Å². The van der Waals surface area contributed by atoms with Crippen molar-refractivity contribution >= 4 is 17.4 Å². The van der Waals surface area contributed by atoms with E-state index in [9.17, 15) is 9.59 Å². The van der Waals surface area contributed by atoms with E-state index in [2.05, 4.69) is 0 Å². The number of nitrogens with zero attached hydrogens (tertiary/aromatic N) is 1. The monoisotopic (exact) mass is 387 g/mol. The molecule has 28 heavy (non-hydrogen) atoms. The molecule has 152 valence electrons. The molecule has 1 aliphatic carbocycles. The van der Waals surface area contributed by atoms with Gasteiger partial charge >= 0.3 is 5.97 Å². The lowest BCUT2D eigenvalue weighted by Crippen LogP contribution is -2.44. The lowest BCUT2D eigenvalue weighted by Gasteiger charge is -2.31. The Hall–Kier alpha value is -2.18. The van der Waals surface area contributed by atoms with Gasteiger partial charge in [-0.05, 0) is 71.1 Å². The van der Waals surface area contributed by atoms with E-state index in [1.165, 1.54) is 5.06 Å². The lowest BCUT2D eigenvalue weighted by atomic mass is 9.93. The molecule has 2 aliphatic rings. The molecule has 0 N–H and O–H groups in total. The predicted molar refractivity (Wildman–Crippen MR) is 105 cm³/mol. The average Bonchev–Trinajstić information content (AvgIpc) is 3.35. The minimum atomic E-state index is -0.945. The molecule has 0 spiro atoms. The third-order valence-electron chi connectivity index (χ3n) is 5.58. The average molecular weight is 387 g/mol. The topological polar surface area (TPSA) is 65.1 Å². The molecule has 1 heterocycles. The van der Waals surface area contributed by atoms with Crippen LogP contribution in [0.25, 0.3) is 5.57 Å². The molecule has 1 fully saturated rings. The van der Waals surface area contributed by atoms with Crippen LogP contribution in [0.2, 0.25) is 0 Å². The molecule has 0 radical (unpaired) electrons. The van der Waals surface area contributed by atoms with Crippen LogP contribution in [0, 0.1) is 19.3 Å². The molecule has 3 rings (SSSR count). The third-order valence-corrected chi connectivity index (χ3v) is 5.58. The maximum absolute atomic E-state index is 13.4. The highest BCUT2D eigenvalue weighted by atomic mass is 16.8.